The minimum atomic E-state index is -1.47. The maximum Gasteiger partial charge on any atom is 0.333 e. The number of benzene rings is 1. The second-order valence-corrected chi connectivity index (χ2v) is 5.92. The number of carbonyl (C=O) groups excluding carboxylic acids is 3. The molecule has 0 atom stereocenters. The molecule has 2 heterocycles. The third-order valence-electron chi connectivity index (χ3n) is 4.30. The van der Waals surface area contributed by atoms with Gasteiger partial charge in [0, 0.05) is 21.1 Å². The number of anilines is 2. The van der Waals surface area contributed by atoms with Crippen LogP contribution in [0.5, 0.6) is 0 Å². The average molecular weight is 302 g/mol. The first-order chi connectivity index (χ1) is 10.3. The van der Waals surface area contributed by atoms with Crippen molar-refractivity contribution in [3.05, 3.63) is 23.8 Å². The molecule has 0 radical (unpaired) electrons. The molecule has 1 N–H and O–H groups in total. The summed E-state index contributed by atoms with van der Waals surface area (Å²) in [6.45, 7) is 2.11. The van der Waals surface area contributed by atoms with Crippen LogP contribution in [0.3, 0.4) is 0 Å². The molecule has 0 bridgehead atoms. The Labute approximate surface area is 128 Å². The van der Waals surface area contributed by atoms with E-state index in [9.17, 15) is 14.4 Å². The first-order valence-corrected chi connectivity index (χ1v) is 6.98. The second-order valence-electron chi connectivity index (χ2n) is 5.92. The molecule has 0 unspecified atom stereocenters. The zero-order valence-corrected chi connectivity index (χ0v) is 13.0. The second kappa shape index (κ2) is 4.46. The smallest absolute Gasteiger partial charge is 0.333 e. The summed E-state index contributed by atoms with van der Waals surface area (Å²) in [5.41, 5.74) is 1.18. The van der Waals surface area contributed by atoms with Crippen LogP contribution in [0.1, 0.15) is 5.56 Å². The van der Waals surface area contributed by atoms with Gasteiger partial charge in [-0.3, -0.25) is 19.4 Å². The molecule has 0 saturated carbocycles. The lowest BCUT2D eigenvalue weighted by molar-refractivity contribution is -0.148. The predicted octanol–water partition coefficient (Wildman–Crippen LogP) is 0.646. The van der Waals surface area contributed by atoms with Gasteiger partial charge in [-0.15, -0.1) is 0 Å². The van der Waals surface area contributed by atoms with Gasteiger partial charge in [0.25, 0.3) is 11.8 Å². The Hall–Kier alpha value is -2.57. The van der Waals surface area contributed by atoms with Gasteiger partial charge in [-0.2, -0.15) is 0 Å². The van der Waals surface area contributed by atoms with Crippen LogP contribution in [0.4, 0.5) is 16.2 Å². The third-order valence-corrected chi connectivity index (χ3v) is 4.30. The Balaban J connectivity index is 2.12. The van der Waals surface area contributed by atoms with E-state index >= 15 is 0 Å². The molecule has 22 heavy (non-hydrogen) atoms. The molecule has 4 amide bonds. The predicted molar refractivity (Wildman–Crippen MR) is 81.7 cm³/mol. The highest BCUT2D eigenvalue weighted by Gasteiger charge is 2.58. The van der Waals surface area contributed by atoms with E-state index in [0.717, 1.165) is 21.1 Å². The molecule has 1 saturated heterocycles. The zero-order chi connectivity index (χ0) is 16.2. The van der Waals surface area contributed by atoms with Crippen LogP contribution in [0, 0.1) is 6.92 Å². The van der Waals surface area contributed by atoms with Gasteiger partial charge in [0.15, 0.2) is 0 Å². The van der Waals surface area contributed by atoms with Crippen molar-refractivity contribution in [1.29, 1.82) is 0 Å². The van der Waals surface area contributed by atoms with Crippen molar-refractivity contribution in [3.8, 4) is 0 Å². The lowest BCUT2D eigenvalue weighted by Crippen LogP contribution is -2.74. The van der Waals surface area contributed by atoms with E-state index < -0.39 is 23.4 Å². The highest BCUT2D eigenvalue weighted by Crippen LogP contribution is 2.37. The van der Waals surface area contributed by atoms with Crippen molar-refractivity contribution in [2.24, 2.45) is 0 Å². The van der Waals surface area contributed by atoms with Crippen molar-refractivity contribution in [3.63, 3.8) is 0 Å². The molecule has 0 aliphatic carbocycles. The van der Waals surface area contributed by atoms with Gasteiger partial charge < -0.3 is 10.2 Å². The number of aryl methyl sites for hydroxylation is 1. The van der Waals surface area contributed by atoms with Crippen molar-refractivity contribution in [2.45, 2.75) is 12.5 Å². The van der Waals surface area contributed by atoms with Crippen LogP contribution < -0.4 is 10.2 Å². The standard InChI is InChI=1S/C15H18N4O3/c1-9-5-6-11-10(7-9)16-15(8-17(11)2)12(20)18(3)14(22)19(4)13(15)21/h5-7,16H,8H2,1-4H3. The number of nitrogens with zero attached hydrogens (tertiary/aromatic N) is 3. The van der Waals surface area contributed by atoms with Crippen molar-refractivity contribution >= 4 is 29.2 Å². The minimum absolute atomic E-state index is 0.169. The largest absolute Gasteiger partial charge is 0.369 e. The summed E-state index contributed by atoms with van der Waals surface area (Å²) in [5, 5.41) is 3.09. The number of fused-ring (bicyclic) bond motifs is 1. The first-order valence-electron chi connectivity index (χ1n) is 6.98. The molecular weight excluding hydrogens is 284 g/mol. The van der Waals surface area contributed by atoms with Crippen LogP contribution in [0.25, 0.3) is 0 Å². The zero-order valence-electron chi connectivity index (χ0n) is 13.0. The highest BCUT2D eigenvalue weighted by molar-refractivity contribution is 6.24. The summed E-state index contributed by atoms with van der Waals surface area (Å²) in [5.74, 6) is -1.06. The number of hydrogen-bond donors (Lipinski definition) is 1. The van der Waals surface area contributed by atoms with Gasteiger partial charge in [0.1, 0.15) is 0 Å². The summed E-state index contributed by atoms with van der Waals surface area (Å²) in [7, 11) is 4.61. The van der Waals surface area contributed by atoms with E-state index in [2.05, 4.69) is 5.32 Å². The third kappa shape index (κ3) is 1.71. The fourth-order valence-electron chi connectivity index (χ4n) is 3.10. The molecule has 0 aromatic heterocycles. The number of nitrogens with one attached hydrogen (secondary N) is 1. The summed E-state index contributed by atoms with van der Waals surface area (Å²) in [4.78, 5) is 41.1. The van der Waals surface area contributed by atoms with Gasteiger partial charge in [-0.1, -0.05) is 6.07 Å². The van der Waals surface area contributed by atoms with Gasteiger partial charge in [-0.05, 0) is 24.6 Å². The lowest BCUT2D eigenvalue weighted by Gasteiger charge is -2.47. The topological polar surface area (TPSA) is 73.0 Å². The molecule has 1 spiro atoms. The van der Waals surface area contributed by atoms with Gasteiger partial charge in [0.2, 0.25) is 5.54 Å². The molecule has 3 rings (SSSR count). The van der Waals surface area contributed by atoms with Crippen LogP contribution in [0.2, 0.25) is 0 Å². The van der Waals surface area contributed by atoms with E-state index in [1.54, 1.807) is 0 Å². The van der Waals surface area contributed by atoms with Gasteiger partial charge >= 0.3 is 6.03 Å². The molecule has 1 fully saturated rings. The van der Waals surface area contributed by atoms with Gasteiger partial charge in [0.05, 0.1) is 17.9 Å². The van der Waals surface area contributed by atoms with E-state index in [-0.39, 0.29) is 6.54 Å². The number of amides is 4. The molecule has 2 aliphatic rings. The average Bonchev–Trinajstić information content (AvgIpc) is 2.49. The monoisotopic (exact) mass is 302 g/mol. The maximum absolute atomic E-state index is 12.7. The number of urea groups is 1. The number of hydrogen-bond acceptors (Lipinski definition) is 5. The first kappa shape index (κ1) is 14.4. The van der Waals surface area contributed by atoms with Crippen LogP contribution in [-0.2, 0) is 9.59 Å². The maximum atomic E-state index is 12.7. The summed E-state index contributed by atoms with van der Waals surface area (Å²) >= 11 is 0. The Bertz CT molecular complexity index is 676. The Morgan fingerprint density at radius 3 is 2.23 bits per heavy atom. The Morgan fingerprint density at radius 2 is 1.64 bits per heavy atom. The van der Waals surface area contributed by atoms with Crippen molar-refractivity contribution in [2.75, 3.05) is 37.9 Å². The summed E-state index contributed by atoms with van der Waals surface area (Å²) < 4.78 is 0. The molecular formula is C15H18N4O3. The molecule has 1 aromatic carbocycles. The van der Waals surface area contributed by atoms with E-state index in [1.165, 1.54) is 14.1 Å². The fourth-order valence-corrected chi connectivity index (χ4v) is 3.10. The van der Waals surface area contributed by atoms with Crippen molar-refractivity contribution < 1.29 is 14.4 Å². The van der Waals surface area contributed by atoms with Crippen molar-refractivity contribution in [1.82, 2.24) is 9.80 Å². The van der Waals surface area contributed by atoms with E-state index in [0.29, 0.717) is 5.69 Å². The van der Waals surface area contributed by atoms with Gasteiger partial charge in [-0.25, -0.2) is 4.79 Å². The summed E-state index contributed by atoms with van der Waals surface area (Å²) in [6.07, 6.45) is 0. The lowest BCUT2D eigenvalue weighted by atomic mass is 9.89. The minimum Gasteiger partial charge on any atom is -0.369 e. The number of barbiturate groups is 1. The number of likely N-dealkylation sites (N-methyl/N-ethyl adjacent to an activating group) is 3. The molecule has 7 nitrogen and oxygen atoms in total. The Kier molecular flexibility index (Phi) is 2.91. The fraction of sp³-hybridized carbons (Fsp3) is 0.400. The normalized spacial score (nSPS) is 20.4. The molecule has 1 aromatic rings. The van der Waals surface area contributed by atoms with E-state index in [4.69, 9.17) is 0 Å². The van der Waals surface area contributed by atoms with Crippen LogP contribution >= 0.6 is 0 Å². The summed E-state index contributed by atoms with van der Waals surface area (Å²) in [6, 6.07) is 5.20. The SMILES string of the molecule is Cc1ccc2c(c1)NC1(CN2C)C(=O)N(C)C(=O)N(C)C1=O. The quantitative estimate of drug-likeness (QED) is 0.712. The van der Waals surface area contributed by atoms with E-state index in [1.807, 2.05) is 37.1 Å². The Morgan fingerprint density at radius 1 is 1.05 bits per heavy atom. The number of imide groups is 2. The highest BCUT2D eigenvalue weighted by atomic mass is 16.2. The molecule has 7 heteroatoms. The van der Waals surface area contributed by atoms with Crippen LogP contribution in [0.15, 0.2) is 18.2 Å². The van der Waals surface area contributed by atoms with Crippen LogP contribution in [-0.4, -0.2) is 60.9 Å². The molecule has 2 aliphatic heterocycles. The molecule has 116 valence electrons. The number of rotatable bonds is 0. The number of carbonyl (C=O) groups is 3.